The summed E-state index contributed by atoms with van der Waals surface area (Å²) in [6, 6.07) is -0.276. The summed E-state index contributed by atoms with van der Waals surface area (Å²) in [5.74, 6) is -2.50. The van der Waals surface area contributed by atoms with Gasteiger partial charge in [0.25, 0.3) is 0 Å². The van der Waals surface area contributed by atoms with Gasteiger partial charge >= 0.3 is 6.09 Å². The molecule has 0 saturated carbocycles. The molecule has 2 amide bonds. The van der Waals surface area contributed by atoms with Crippen molar-refractivity contribution in [3.05, 3.63) is 35.1 Å². The molecule has 10 heteroatoms. The summed E-state index contributed by atoms with van der Waals surface area (Å²) < 4.78 is 59.0. The van der Waals surface area contributed by atoms with Gasteiger partial charge < -0.3 is 24.4 Å². The Morgan fingerprint density at radius 2 is 1.82 bits per heavy atom. The molecule has 0 spiro atoms. The molecule has 0 unspecified atom stereocenters. The molecule has 0 bridgehead atoms. The summed E-state index contributed by atoms with van der Waals surface area (Å²) in [7, 11) is 0. The van der Waals surface area contributed by atoms with Gasteiger partial charge in [0.15, 0.2) is 11.6 Å². The number of hydrogen-bond acceptors (Lipinski definition) is 5. The minimum atomic E-state index is -1.32. The van der Waals surface area contributed by atoms with Gasteiger partial charge in [0.05, 0.1) is 19.8 Å². The minimum absolute atomic E-state index is 0.0801. The molecule has 188 valence electrons. The molecule has 3 atom stereocenters. The van der Waals surface area contributed by atoms with Crippen molar-refractivity contribution < 1.29 is 37.0 Å². The number of carbonyl (C=O) groups is 2. The Balaban J connectivity index is 2.22. The smallest absolute Gasteiger partial charge is 0.408 e. The molecule has 1 heterocycles. The van der Waals surface area contributed by atoms with E-state index in [1.54, 1.807) is 27.7 Å². The first-order valence-electron chi connectivity index (χ1n) is 11.0. The van der Waals surface area contributed by atoms with Gasteiger partial charge in [-0.2, -0.15) is 0 Å². The molecule has 0 aliphatic carbocycles. The van der Waals surface area contributed by atoms with E-state index in [-0.39, 0.29) is 39.4 Å². The number of piperidine rings is 1. The summed E-state index contributed by atoms with van der Waals surface area (Å²) in [4.78, 5) is 26.8. The summed E-state index contributed by atoms with van der Waals surface area (Å²) in [6.45, 7) is 7.43. The van der Waals surface area contributed by atoms with E-state index in [0.717, 1.165) is 6.07 Å². The zero-order valence-electron chi connectivity index (χ0n) is 19.8. The fourth-order valence-electron chi connectivity index (χ4n) is 3.81. The Morgan fingerprint density at radius 1 is 1.18 bits per heavy atom. The molecule has 1 aliphatic rings. The maximum absolute atomic E-state index is 14.6. The molecule has 1 aromatic carbocycles. The average molecular weight is 485 g/mol. The van der Waals surface area contributed by atoms with Crippen molar-refractivity contribution in [2.75, 3.05) is 33.0 Å². The molecule has 0 aromatic heterocycles. The monoisotopic (exact) mass is 484 g/mol. The second kappa shape index (κ2) is 12.1. The molecule has 1 aromatic rings. The quantitative estimate of drug-likeness (QED) is 0.331. The van der Waals surface area contributed by atoms with Crippen LogP contribution in [0.5, 0.6) is 0 Å². The number of ether oxygens (including phenoxy) is 3. The Kier molecular flexibility index (Phi) is 9.77. The van der Waals surface area contributed by atoms with Gasteiger partial charge in [-0.3, -0.25) is 4.79 Å². The second-order valence-electron chi connectivity index (χ2n) is 8.94. The van der Waals surface area contributed by atoms with Crippen molar-refractivity contribution >= 4 is 12.0 Å². The Morgan fingerprint density at radius 3 is 2.47 bits per heavy atom. The van der Waals surface area contributed by atoms with Crippen LogP contribution in [0.3, 0.4) is 0 Å². The van der Waals surface area contributed by atoms with E-state index in [9.17, 15) is 22.8 Å². The predicted octanol–water partition coefficient (Wildman–Crippen LogP) is 3.37. The fraction of sp³-hybridized carbons (Fsp3) is 0.583. The van der Waals surface area contributed by atoms with Crippen LogP contribution in [-0.4, -0.2) is 67.6 Å². The minimum Gasteiger partial charge on any atom is -0.444 e. The largest absolute Gasteiger partial charge is 0.444 e. The molecule has 1 N–H and O–H groups in total. The molecule has 0 radical (unpaired) electrons. The van der Waals surface area contributed by atoms with Crippen LogP contribution < -0.4 is 5.32 Å². The molecular formula is C24H31F3N2O5. The molecule has 1 fully saturated rings. The van der Waals surface area contributed by atoms with Crippen LogP contribution >= 0.6 is 0 Å². The highest BCUT2D eigenvalue weighted by Gasteiger charge is 2.43. The van der Waals surface area contributed by atoms with Crippen LogP contribution in [0.2, 0.25) is 0 Å². The van der Waals surface area contributed by atoms with E-state index in [0.29, 0.717) is 6.07 Å². The normalized spacial score (nSPS) is 20.7. The number of halogens is 3. The average Bonchev–Trinajstić information content (AvgIpc) is 2.74. The maximum atomic E-state index is 14.6. The summed E-state index contributed by atoms with van der Waals surface area (Å²) in [5, 5.41) is 2.48. The van der Waals surface area contributed by atoms with Gasteiger partial charge in [-0.25, -0.2) is 18.0 Å². The van der Waals surface area contributed by atoms with E-state index in [2.05, 4.69) is 11.2 Å². The van der Waals surface area contributed by atoms with Gasteiger partial charge in [0.1, 0.15) is 24.1 Å². The van der Waals surface area contributed by atoms with Crippen molar-refractivity contribution in [3.63, 3.8) is 0 Å². The molecular weight excluding hydrogens is 453 g/mol. The molecule has 1 saturated heterocycles. The number of terminal acetylenes is 1. The van der Waals surface area contributed by atoms with Gasteiger partial charge in [-0.15, -0.1) is 6.42 Å². The number of nitrogens with one attached hydrogen (secondary N) is 1. The van der Waals surface area contributed by atoms with E-state index in [1.165, 1.54) is 4.90 Å². The van der Waals surface area contributed by atoms with E-state index in [4.69, 9.17) is 20.6 Å². The number of hydrogen-bond donors (Lipinski definition) is 1. The third-order valence-electron chi connectivity index (χ3n) is 5.32. The van der Waals surface area contributed by atoms with Crippen LogP contribution in [0, 0.1) is 29.8 Å². The highest BCUT2D eigenvalue weighted by molar-refractivity contribution is 5.87. The van der Waals surface area contributed by atoms with Crippen LogP contribution in [0.1, 0.15) is 45.6 Å². The fourth-order valence-corrected chi connectivity index (χ4v) is 3.81. The van der Waals surface area contributed by atoms with Crippen molar-refractivity contribution in [2.45, 2.75) is 57.7 Å². The van der Waals surface area contributed by atoms with Crippen molar-refractivity contribution in [1.29, 1.82) is 0 Å². The van der Waals surface area contributed by atoms with E-state index >= 15 is 0 Å². The van der Waals surface area contributed by atoms with E-state index < -0.39 is 58.6 Å². The maximum Gasteiger partial charge on any atom is 0.408 e. The van der Waals surface area contributed by atoms with Gasteiger partial charge in [0, 0.05) is 24.1 Å². The van der Waals surface area contributed by atoms with Crippen LogP contribution in [0.15, 0.2) is 12.1 Å². The van der Waals surface area contributed by atoms with Crippen LogP contribution in [-0.2, 0) is 19.0 Å². The first-order chi connectivity index (χ1) is 16.0. The third kappa shape index (κ3) is 7.37. The van der Waals surface area contributed by atoms with Crippen molar-refractivity contribution in [3.8, 4) is 12.3 Å². The lowest BCUT2D eigenvalue weighted by Gasteiger charge is -2.43. The highest BCUT2D eigenvalue weighted by atomic mass is 19.2. The Bertz CT molecular complexity index is 913. The van der Waals surface area contributed by atoms with Crippen LogP contribution in [0.25, 0.3) is 0 Å². The first kappa shape index (κ1) is 27.5. The molecule has 2 rings (SSSR count). The lowest BCUT2D eigenvalue weighted by molar-refractivity contribution is -0.140. The van der Waals surface area contributed by atoms with Gasteiger partial charge in [-0.05, 0) is 46.2 Å². The zero-order valence-corrected chi connectivity index (χ0v) is 19.8. The molecule has 34 heavy (non-hydrogen) atoms. The standard InChI is InChI=1S/C24H31F3N2O5/c1-6-10-32-12-13-33-11-9-29-15(2)16(20-17(25)7-8-18(26)21(20)27)14-19(22(29)30)28-23(31)34-24(3,4)5/h1,7-8,15-16,19H,9-14H2,2-5H3,(H,28,31)/t15-,16-,19+/m1/s1. The van der Waals surface area contributed by atoms with Crippen molar-refractivity contribution in [2.24, 2.45) is 0 Å². The van der Waals surface area contributed by atoms with E-state index in [1.807, 2.05) is 0 Å². The summed E-state index contributed by atoms with van der Waals surface area (Å²) >= 11 is 0. The number of rotatable bonds is 9. The highest BCUT2D eigenvalue weighted by Crippen LogP contribution is 2.36. The Hall–Kier alpha value is -2.77. The predicted molar refractivity (Wildman–Crippen MR) is 118 cm³/mol. The lowest BCUT2D eigenvalue weighted by Crippen LogP contribution is -2.59. The number of benzene rings is 1. The first-order valence-corrected chi connectivity index (χ1v) is 11.0. The number of carbonyl (C=O) groups excluding carboxylic acids is 2. The van der Waals surface area contributed by atoms with Crippen molar-refractivity contribution in [1.82, 2.24) is 10.2 Å². The summed E-state index contributed by atoms with van der Waals surface area (Å²) in [5.41, 5.74) is -1.28. The van der Waals surface area contributed by atoms with Gasteiger partial charge in [-0.1, -0.05) is 5.92 Å². The summed E-state index contributed by atoms with van der Waals surface area (Å²) in [6.07, 6.45) is 4.12. The van der Waals surface area contributed by atoms with Crippen LogP contribution in [0.4, 0.5) is 18.0 Å². The molecule has 1 aliphatic heterocycles. The number of alkyl carbamates (subject to hydrolysis) is 1. The lowest BCUT2D eigenvalue weighted by atomic mass is 9.81. The van der Waals surface area contributed by atoms with Gasteiger partial charge in [0.2, 0.25) is 5.91 Å². The number of amides is 2. The topological polar surface area (TPSA) is 77.1 Å². The zero-order chi connectivity index (χ0) is 25.5. The third-order valence-corrected chi connectivity index (χ3v) is 5.32. The number of likely N-dealkylation sites (tertiary alicyclic amines) is 1. The SMILES string of the molecule is C#CCOCCOCCN1C(=O)[C@@H](NC(=O)OC(C)(C)C)C[C@@H](c2c(F)ccc(F)c2F)[C@H]1C. The Labute approximate surface area is 197 Å². The second-order valence-corrected chi connectivity index (χ2v) is 8.94. The molecule has 7 nitrogen and oxygen atoms in total. The number of nitrogens with zero attached hydrogens (tertiary/aromatic N) is 1.